The summed E-state index contributed by atoms with van der Waals surface area (Å²) in [6, 6.07) is 13.7. The van der Waals surface area contributed by atoms with E-state index in [0.29, 0.717) is 32.2 Å². The zero-order valence-corrected chi connectivity index (χ0v) is 15.8. The molecule has 0 spiro atoms. The van der Waals surface area contributed by atoms with E-state index in [1.165, 1.54) is 18.2 Å². The highest BCUT2D eigenvalue weighted by Crippen LogP contribution is 2.30. The van der Waals surface area contributed by atoms with Crippen molar-refractivity contribution in [3.8, 4) is 0 Å². The van der Waals surface area contributed by atoms with Crippen LogP contribution in [0.4, 0.5) is 5.69 Å². The molecule has 8 nitrogen and oxygen atoms in total. The number of nitrogens with zero attached hydrogens (tertiary/aromatic N) is 2. The third kappa shape index (κ3) is 4.66. The number of nitro benzene ring substituents is 1. The fourth-order valence-electron chi connectivity index (χ4n) is 3.29. The highest BCUT2D eigenvalue weighted by Gasteiger charge is 2.40. The van der Waals surface area contributed by atoms with Gasteiger partial charge in [-0.2, -0.15) is 0 Å². The summed E-state index contributed by atoms with van der Waals surface area (Å²) < 4.78 is 0. The number of rotatable bonds is 9. The van der Waals surface area contributed by atoms with Crippen LogP contribution in [0.3, 0.4) is 0 Å². The number of fused-ring (bicyclic) bond motifs is 1. The van der Waals surface area contributed by atoms with Crippen molar-refractivity contribution in [2.24, 2.45) is 0 Å². The van der Waals surface area contributed by atoms with Crippen LogP contribution >= 0.6 is 0 Å². The van der Waals surface area contributed by atoms with E-state index in [9.17, 15) is 24.5 Å². The van der Waals surface area contributed by atoms with Crippen molar-refractivity contribution in [3.05, 3.63) is 75.3 Å². The number of hydrogen-bond donors (Lipinski definition) is 1. The highest BCUT2D eigenvalue weighted by molar-refractivity contribution is 6.23. The van der Waals surface area contributed by atoms with Gasteiger partial charge < -0.3 is 5.32 Å². The first-order valence-electron chi connectivity index (χ1n) is 9.43. The molecule has 150 valence electrons. The third-order valence-electron chi connectivity index (χ3n) is 4.79. The molecular formula is C21H21N3O5. The molecule has 0 radical (unpaired) electrons. The highest BCUT2D eigenvalue weighted by atomic mass is 16.6. The maximum atomic E-state index is 12.5. The Bertz CT molecular complexity index is 943. The van der Waals surface area contributed by atoms with Gasteiger partial charge in [-0.3, -0.25) is 29.4 Å². The number of carbonyl (C=O) groups excluding carboxylic acids is 3. The number of nitrogens with one attached hydrogen (secondary N) is 1. The normalized spacial score (nSPS) is 12.8. The van der Waals surface area contributed by atoms with Crippen LogP contribution in [0, 0.1) is 10.1 Å². The number of nitro groups is 1. The Morgan fingerprint density at radius 2 is 1.72 bits per heavy atom. The minimum Gasteiger partial charge on any atom is -0.352 e. The Morgan fingerprint density at radius 3 is 2.45 bits per heavy atom. The summed E-state index contributed by atoms with van der Waals surface area (Å²) in [6.07, 6.45) is 2.18. The lowest BCUT2D eigenvalue weighted by molar-refractivity contribution is -0.385. The summed E-state index contributed by atoms with van der Waals surface area (Å²) in [5.74, 6) is -1.18. The molecule has 3 amide bonds. The van der Waals surface area contributed by atoms with E-state index in [-0.39, 0.29) is 29.3 Å². The first-order chi connectivity index (χ1) is 14.0. The van der Waals surface area contributed by atoms with Gasteiger partial charge in [0.25, 0.3) is 17.5 Å². The molecule has 3 rings (SSSR count). The molecule has 8 heteroatoms. The van der Waals surface area contributed by atoms with Gasteiger partial charge in [-0.15, -0.1) is 0 Å². The second-order valence-corrected chi connectivity index (χ2v) is 6.79. The summed E-state index contributed by atoms with van der Waals surface area (Å²) in [5.41, 5.74) is 0.617. The molecular weight excluding hydrogens is 374 g/mol. The van der Waals surface area contributed by atoms with Crippen molar-refractivity contribution in [2.45, 2.75) is 32.2 Å². The van der Waals surface area contributed by atoms with Crippen molar-refractivity contribution in [1.82, 2.24) is 10.2 Å². The van der Waals surface area contributed by atoms with Gasteiger partial charge in [-0.05, 0) is 24.5 Å². The number of imide groups is 1. The Morgan fingerprint density at radius 1 is 0.966 bits per heavy atom. The van der Waals surface area contributed by atoms with Crippen LogP contribution in [0.2, 0.25) is 0 Å². The molecule has 0 atom stereocenters. The van der Waals surface area contributed by atoms with Crippen molar-refractivity contribution >= 4 is 23.4 Å². The van der Waals surface area contributed by atoms with Crippen molar-refractivity contribution < 1.29 is 19.3 Å². The van der Waals surface area contributed by atoms with Gasteiger partial charge in [0.2, 0.25) is 5.91 Å². The van der Waals surface area contributed by atoms with E-state index in [1.54, 1.807) is 0 Å². The molecule has 2 aromatic carbocycles. The van der Waals surface area contributed by atoms with E-state index in [2.05, 4.69) is 5.32 Å². The average molecular weight is 395 g/mol. The summed E-state index contributed by atoms with van der Waals surface area (Å²) in [5, 5.41) is 14.0. The van der Waals surface area contributed by atoms with Crippen molar-refractivity contribution in [2.75, 3.05) is 6.54 Å². The first kappa shape index (κ1) is 20.2. The summed E-state index contributed by atoms with van der Waals surface area (Å²) in [7, 11) is 0. The molecule has 0 unspecified atom stereocenters. The van der Waals surface area contributed by atoms with Crippen LogP contribution in [-0.2, 0) is 11.3 Å². The van der Waals surface area contributed by atoms with Crippen LogP contribution in [0.5, 0.6) is 0 Å². The van der Waals surface area contributed by atoms with Crippen LogP contribution < -0.4 is 5.32 Å². The molecule has 1 aliphatic rings. The molecule has 2 aromatic rings. The quantitative estimate of drug-likeness (QED) is 0.304. The maximum Gasteiger partial charge on any atom is 0.282 e. The molecule has 0 aromatic heterocycles. The lowest BCUT2D eigenvalue weighted by Gasteiger charge is -2.13. The SMILES string of the molecule is O=C(CCCCCN1C(=O)c2cccc([N+](=O)[O-])c2C1=O)NCc1ccccc1. The molecule has 0 fully saturated rings. The fourth-order valence-corrected chi connectivity index (χ4v) is 3.29. The molecule has 0 saturated carbocycles. The lowest BCUT2D eigenvalue weighted by atomic mass is 10.1. The van der Waals surface area contributed by atoms with Crippen molar-refractivity contribution in [1.29, 1.82) is 0 Å². The van der Waals surface area contributed by atoms with E-state index < -0.39 is 16.7 Å². The number of benzene rings is 2. The van der Waals surface area contributed by atoms with E-state index in [4.69, 9.17) is 0 Å². The van der Waals surface area contributed by atoms with Crippen LogP contribution in [0.25, 0.3) is 0 Å². The number of hydrogen-bond acceptors (Lipinski definition) is 5. The maximum absolute atomic E-state index is 12.5. The summed E-state index contributed by atoms with van der Waals surface area (Å²) in [4.78, 5) is 48.3. The Balaban J connectivity index is 1.42. The standard InChI is InChI=1S/C21H21N3O5/c25-18(22-14-15-8-3-1-4-9-15)12-5-2-6-13-23-20(26)16-10-7-11-17(24(28)29)19(16)21(23)27/h1,3-4,7-11H,2,5-6,12-14H2,(H,22,25). The average Bonchev–Trinajstić information content (AvgIpc) is 2.97. The van der Waals surface area contributed by atoms with Gasteiger partial charge in [-0.25, -0.2) is 0 Å². The first-order valence-corrected chi connectivity index (χ1v) is 9.43. The predicted molar refractivity (Wildman–Crippen MR) is 105 cm³/mol. The van der Waals surface area contributed by atoms with Gasteiger partial charge in [0.05, 0.1) is 10.5 Å². The Labute approximate surface area is 167 Å². The summed E-state index contributed by atoms with van der Waals surface area (Å²) >= 11 is 0. The molecule has 1 N–H and O–H groups in total. The van der Waals surface area contributed by atoms with Gasteiger partial charge in [0.15, 0.2) is 0 Å². The number of carbonyl (C=O) groups is 3. The van der Waals surface area contributed by atoms with E-state index >= 15 is 0 Å². The minimum absolute atomic E-state index is 0.0507. The molecule has 0 saturated heterocycles. The van der Waals surface area contributed by atoms with E-state index in [1.807, 2.05) is 30.3 Å². The van der Waals surface area contributed by atoms with Crippen molar-refractivity contribution in [3.63, 3.8) is 0 Å². The fraction of sp³-hybridized carbons (Fsp3) is 0.286. The van der Waals surface area contributed by atoms with Gasteiger partial charge >= 0.3 is 0 Å². The predicted octanol–water partition coefficient (Wildman–Crippen LogP) is 3.07. The Kier molecular flexibility index (Phi) is 6.33. The number of unbranched alkanes of at least 4 members (excludes halogenated alkanes) is 2. The molecule has 29 heavy (non-hydrogen) atoms. The molecule has 0 aliphatic carbocycles. The topological polar surface area (TPSA) is 110 Å². The molecule has 1 heterocycles. The van der Waals surface area contributed by atoms with Gasteiger partial charge in [-0.1, -0.05) is 42.8 Å². The summed E-state index contributed by atoms with van der Waals surface area (Å²) in [6.45, 7) is 0.655. The van der Waals surface area contributed by atoms with E-state index in [0.717, 1.165) is 10.5 Å². The molecule has 0 bridgehead atoms. The minimum atomic E-state index is -0.651. The third-order valence-corrected chi connectivity index (χ3v) is 4.79. The second-order valence-electron chi connectivity index (χ2n) is 6.79. The van der Waals surface area contributed by atoms with Crippen LogP contribution in [0.15, 0.2) is 48.5 Å². The molecule has 1 aliphatic heterocycles. The zero-order valence-electron chi connectivity index (χ0n) is 15.8. The lowest BCUT2D eigenvalue weighted by Crippen LogP contribution is -2.30. The van der Waals surface area contributed by atoms with Crippen LogP contribution in [0.1, 0.15) is 52.0 Å². The monoisotopic (exact) mass is 395 g/mol. The van der Waals surface area contributed by atoms with Gasteiger partial charge in [0, 0.05) is 25.6 Å². The largest absolute Gasteiger partial charge is 0.352 e. The zero-order chi connectivity index (χ0) is 20.8. The second kappa shape index (κ2) is 9.09. The van der Waals surface area contributed by atoms with Crippen LogP contribution in [-0.4, -0.2) is 34.1 Å². The number of amides is 3. The van der Waals surface area contributed by atoms with Gasteiger partial charge in [0.1, 0.15) is 5.56 Å². The Hall–Kier alpha value is -3.55. The smallest absolute Gasteiger partial charge is 0.282 e.